The fourth-order valence-electron chi connectivity index (χ4n) is 2.34. The molecule has 2 aromatic carbocycles. The molecule has 3 rings (SSSR count). The zero-order valence-electron chi connectivity index (χ0n) is 12.9. The maximum absolute atomic E-state index is 13.8. The summed E-state index contributed by atoms with van der Waals surface area (Å²) in [5.41, 5.74) is 1.29. The third kappa shape index (κ3) is 3.72. The number of aromatic nitrogens is 2. The summed E-state index contributed by atoms with van der Waals surface area (Å²) in [6.45, 7) is 1.03. The molecule has 4 nitrogen and oxygen atoms in total. The van der Waals surface area contributed by atoms with Crippen molar-refractivity contribution in [3.63, 3.8) is 0 Å². The molecule has 124 valence electrons. The molecule has 0 atom stereocenters. The number of hydrogen-bond acceptors (Lipinski definition) is 4. The van der Waals surface area contributed by atoms with Crippen LogP contribution in [0.15, 0.2) is 52.9 Å². The van der Waals surface area contributed by atoms with Gasteiger partial charge in [-0.15, -0.1) is 5.10 Å². The molecule has 1 aromatic heterocycles. The number of benzene rings is 2. The fraction of sp³-hybridized carbons (Fsp3) is 0.176. The van der Waals surface area contributed by atoms with Gasteiger partial charge in [0.05, 0.1) is 12.2 Å². The molecular formula is C17H15ClFN3OS. The van der Waals surface area contributed by atoms with E-state index in [2.05, 4.69) is 5.10 Å². The summed E-state index contributed by atoms with van der Waals surface area (Å²) in [5, 5.41) is 4.98. The van der Waals surface area contributed by atoms with E-state index in [1.165, 1.54) is 10.7 Å². The minimum absolute atomic E-state index is 0.171. The molecule has 0 radical (unpaired) electrons. The molecule has 0 unspecified atom stereocenters. The SMILES string of the molecule is CN(Cc1ccccc1Cl)Cn1nc(-c2ccccc2F)oc1=S. The second-order valence-corrected chi connectivity index (χ2v) is 6.16. The molecule has 3 aromatic rings. The van der Waals surface area contributed by atoms with E-state index in [0.29, 0.717) is 18.2 Å². The van der Waals surface area contributed by atoms with Crippen LogP contribution in [0.25, 0.3) is 11.5 Å². The van der Waals surface area contributed by atoms with Crippen molar-refractivity contribution in [3.8, 4) is 11.5 Å². The average molecular weight is 364 g/mol. The van der Waals surface area contributed by atoms with Gasteiger partial charge in [-0.1, -0.05) is 41.9 Å². The topological polar surface area (TPSA) is 34.2 Å². The lowest BCUT2D eigenvalue weighted by molar-refractivity contribution is 0.241. The van der Waals surface area contributed by atoms with Gasteiger partial charge in [-0.2, -0.15) is 0 Å². The van der Waals surface area contributed by atoms with Crippen molar-refractivity contribution in [2.45, 2.75) is 13.2 Å². The molecule has 7 heteroatoms. The van der Waals surface area contributed by atoms with Gasteiger partial charge in [0.25, 0.3) is 4.84 Å². The van der Waals surface area contributed by atoms with Crippen molar-refractivity contribution in [1.82, 2.24) is 14.7 Å². The molecule has 1 heterocycles. The van der Waals surface area contributed by atoms with Gasteiger partial charge in [-0.25, -0.2) is 9.07 Å². The Balaban J connectivity index is 1.78. The van der Waals surface area contributed by atoms with Crippen molar-refractivity contribution in [1.29, 1.82) is 0 Å². The zero-order chi connectivity index (χ0) is 17.1. The summed E-state index contributed by atoms with van der Waals surface area (Å²) in [4.78, 5) is 2.18. The Kier molecular flexibility index (Phi) is 5.08. The van der Waals surface area contributed by atoms with Crippen LogP contribution in [0, 0.1) is 10.7 Å². The number of rotatable bonds is 5. The molecular weight excluding hydrogens is 349 g/mol. The zero-order valence-corrected chi connectivity index (χ0v) is 14.5. The standard InChI is InChI=1S/C17H15ClFN3OS/c1-21(10-12-6-2-4-8-14(12)18)11-22-17(24)23-16(20-22)13-7-3-5-9-15(13)19/h2-9H,10-11H2,1H3. The maximum Gasteiger partial charge on any atom is 0.288 e. The van der Waals surface area contributed by atoms with Crippen LogP contribution in [0.3, 0.4) is 0 Å². The lowest BCUT2D eigenvalue weighted by Gasteiger charge is -2.16. The maximum atomic E-state index is 13.8. The Morgan fingerprint density at radius 2 is 1.92 bits per heavy atom. The summed E-state index contributed by atoms with van der Waals surface area (Å²) >= 11 is 11.4. The van der Waals surface area contributed by atoms with E-state index in [-0.39, 0.29) is 16.3 Å². The van der Waals surface area contributed by atoms with E-state index in [1.807, 2.05) is 36.2 Å². The van der Waals surface area contributed by atoms with Crippen LogP contribution < -0.4 is 0 Å². The first-order valence-electron chi connectivity index (χ1n) is 7.29. The highest BCUT2D eigenvalue weighted by Crippen LogP contribution is 2.21. The molecule has 0 fully saturated rings. The average Bonchev–Trinajstić information content (AvgIpc) is 2.90. The Hall–Kier alpha value is -2.02. The predicted molar refractivity (Wildman–Crippen MR) is 93.6 cm³/mol. The van der Waals surface area contributed by atoms with Gasteiger partial charge in [0.15, 0.2) is 0 Å². The van der Waals surface area contributed by atoms with Crippen molar-refractivity contribution in [3.05, 3.63) is 69.8 Å². The number of halogens is 2. The summed E-state index contributed by atoms with van der Waals surface area (Å²) in [7, 11) is 1.92. The molecule has 0 N–H and O–H groups in total. The smallest absolute Gasteiger partial charge is 0.288 e. The van der Waals surface area contributed by atoms with Crippen LogP contribution in [0.4, 0.5) is 4.39 Å². The Labute approximate surface area is 149 Å². The van der Waals surface area contributed by atoms with Crippen LogP contribution in [0.5, 0.6) is 0 Å². The van der Waals surface area contributed by atoms with Crippen LogP contribution in [0.2, 0.25) is 5.02 Å². The summed E-state index contributed by atoms with van der Waals surface area (Å²) in [5.74, 6) is -0.227. The van der Waals surface area contributed by atoms with Crippen molar-refractivity contribution in [2.75, 3.05) is 7.05 Å². The van der Waals surface area contributed by atoms with Gasteiger partial charge < -0.3 is 4.42 Å². The number of nitrogens with zero attached hydrogens (tertiary/aromatic N) is 3. The van der Waals surface area contributed by atoms with E-state index in [0.717, 1.165) is 5.56 Å². The molecule has 0 saturated heterocycles. The molecule has 0 saturated carbocycles. The second-order valence-electron chi connectivity index (χ2n) is 5.40. The first kappa shape index (κ1) is 16.8. The summed E-state index contributed by atoms with van der Waals surface area (Å²) < 4.78 is 20.8. The highest BCUT2D eigenvalue weighted by Gasteiger charge is 2.13. The van der Waals surface area contributed by atoms with E-state index in [9.17, 15) is 4.39 Å². The first-order chi connectivity index (χ1) is 11.5. The largest absolute Gasteiger partial charge is 0.409 e. The van der Waals surface area contributed by atoms with Gasteiger partial charge in [0, 0.05) is 11.6 Å². The molecule has 24 heavy (non-hydrogen) atoms. The minimum atomic E-state index is -0.398. The van der Waals surface area contributed by atoms with E-state index in [1.54, 1.807) is 18.2 Å². The van der Waals surface area contributed by atoms with E-state index >= 15 is 0 Å². The summed E-state index contributed by atoms with van der Waals surface area (Å²) in [6, 6.07) is 13.9. The lowest BCUT2D eigenvalue weighted by Crippen LogP contribution is -2.22. The highest BCUT2D eigenvalue weighted by molar-refractivity contribution is 7.71. The highest BCUT2D eigenvalue weighted by atomic mass is 35.5. The van der Waals surface area contributed by atoms with Gasteiger partial charge >= 0.3 is 0 Å². The fourth-order valence-corrected chi connectivity index (χ4v) is 2.71. The Morgan fingerprint density at radius 1 is 1.21 bits per heavy atom. The van der Waals surface area contributed by atoms with E-state index in [4.69, 9.17) is 28.2 Å². The van der Waals surface area contributed by atoms with Crippen molar-refractivity contribution >= 4 is 23.8 Å². The van der Waals surface area contributed by atoms with Crippen LogP contribution in [-0.4, -0.2) is 21.7 Å². The molecule has 0 spiro atoms. The molecule has 0 aliphatic heterocycles. The normalized spacial score (nSPS) is 11.2. The molecule has 0 amide bonds. The molecule has 0 aliphatic rings. The van der Waals surface area contributed by atoms with Crippen LogP contribution in [0.1, 0.15) is 5.56 Å². The van der Waals surface area contributed by atoms with Gasteiger partial charge in [0.1, 0.15) is 5.82 Å². The molecule has 0 aliphatic carbocycles. The van der Waals surface area contributed by atoms with Crippen LogP contribution >= 0.6 is 23.8 Å². The molecule has 0 bridgehead atoms. The van der Waals surface area contributed by atoms with Gasteiger partial charge in [-0.3, -0.25) is 4.90 Å². The third-order valence-corrected chi connectivity index (χ3v) is 4.15. The lowest BCUT2D eigenvalue weighted by atomic mass is 10.2. The van der Waals surface area contributed by atoms with Crippen LogP contribution in [-0.2, 0) is 13.2 Å². The Morgan fingerprint density at radius 3 is 2.67 bits per heavy atom. The van der Waals surface area contributed by atoms with Crippen molar-refractivity contribution in [2.24, 2.45) is 0 Å². The minimum Gasteiger partial charge on any atom is -0.409 e. The quantitative estimate of drug-likeness (QED) is 0.612. The first-order valence-corrected chi connectivity index (χ1v) is 8.08. The second kappa shape index (κ2) is 7.25. The third-order valence-electron chi connectivity index (χ3n) is 3.48. The Bertz CT molecular complexity index is 909. The number of hydrogen-bond donors (Lipinski definition) is 0. The van der Waals surface area contributed by atoms with E-state index < -0.39 is 5.82 Å². The van der Waals surface area contributed by atoms with Crippen molar-refractivity contribution < 1.29 is 8.81 Å². The van der Waals surface area contributed by atoms with Gasteiger partial charge in [0.2, 0.25) is 5.89 Å². The monoisotopic (exact) mass is 363 g/mol. The predicted octanol–water partition coefficient (Wildman–Crippen LogP) is 4.75. The van der Waals surface area contributed by atoms with Gasteiger partial charge in [-0.05, 0) is 43.0 Å². The summed E-state index contributed by atoms with van der Waals surface area (Å²) in [6.07, 6.45) is 0.